The second-order valence-corrected chi connectivity index (χ2v) is 7.70. The van der Waals surface area contributed by atoms with E-state index in [2.05, 4.69) is 18.3 Å². The Bertz CT molecular complexity index is 924. The second kappa shape index (κ2) is 8.28. The number of hydrogen-bond acceptors (Lipinski definition) is 5. The van der Waals surface area contributed by atoms with Crippen molar-refractivity contribution in [3.05, 3.63) is 45.8 Å². The molecule has 0 saturated heterocycles. The largest absolute Gasteiger partial charge is 0.497 e. The van der Waals surface area contributed by atoms with E-state index >= 15 is 0 Å². The Kier molecular flexibility index (Phi) is 5.82. The molecule has 0 radical (unpaired) electrons. The molecule has 1 atom stereocenters. The Hall–Kier alpha value is -2.78. The van der Waals surface area contributed by atoms with Gasteiger partial charge in [0.05, 0.1) is 19.8 Å². The Morgan fingerprint density at radius 1 is 1.37 bits per heavy atom. The summed E-state index contributed by atoms with van der Waals surface area (Å²) in [6.45, 7) is 2.22. The molecule has 2 aromatic rings. The highest BCUT2D eigenvalue weighted by atomic mass is 32.1. The third-order valence-electron chi connectivity index (χ3n) is 4.72. The van der Waals surface area contributed by atoms with Gasteiger partial charge in [0.15, 0.2) is 0 Å². The number of ether oxygens (including phenoxy) is 2. The number of thiophene rings is 1. The van der Waals surface area contributed by atoms with Crippen molar-refractivity contribution in [1.29, 1.82) is 5.26 Å². The average molecular weight is 382 g/mol. The first-order chi connectivity index (χ1) is 13.0. The molecule has 1 amide bonds. The van der Waals surface area contributed by atoms with Crippen molar-refractivity contribution in [2.75, 3.05) is 19.5 Å². The zero-order valence-corrected chi connectivity index (χ0v) is 16.5. The number of fused-ring (bicyclic) bond motifs is 1. The number of amides is 1. The Morgan fingerprint density at radius 2 is 2.19 bits per heavy atom. The number of nitrogens with zero attached hydrogens (tertiary/aromatic N) is 1. The molecule has 1 heterocycles. The van der Waals surface area contributed by atoms with Crippen LogP contribution in [0, 0.1) is 17.2 Å². The van der Waals surface area contributed by atoms with E-state index in [0.29, 0.717) is 28.0 Å². The SMILES string of the molecule is COc1ccc(C=CC(=O)Nc2sc3c(c2C#N)CCC(C)C3)c(OC)c1. The van der Waals surface area contributed by atoms with Crippen LogP contribution in [0.3, 0.4) is 0 Å². The van der Waals surface area contributed by atoms with Gasteiger partial charge in [-0.25, -0.2) is 0 Å². The van der Waals surface area contributed by atoms with Gasteiger partial charge in [0.25, 0.3) is 0 Å². The van der Waals surface area contributed by atoms with E-state index in [1.165, 1.54) is 22.3 Å². The summed E-state index contributed by atoms with van der Waals surface area (Å²) < 4.78 is 10.5. The van der Waals surface area contributed by atoms with Crippen molar-refractivity contribution in [2.45, 2.75) is 26.2 Å². The molecule has 3 rings (SSSR count). The topological polar surface area (TPSA) is 71.3 Å². The summed E-state index contributed by atoms with van der Waals surface area (Å²) in [5, 5.41) is 13.0. The monoisotopic (exact) mass is 382 g/mol. The van der Waals surface area contributed by atoms with Gasteiger partial charge in [0.2, 0.25) is 5.91 Å². The molecule has 0 saturated carbocycles. The zero-order valence-electron chi connectivity index (χ0n) is 15.7. The highest BCUT2D eigenvalue weighted by molar-refractivity contribution is 7.16. The average Bonchev–Trinajstić information content (AvgIpc) is 3.01. The van der Waals surface area contributed by atoms with Crippen LogP contribution in [0.1, 0.15) is 34.9 Å². The molecule has 1 unspecified atom stereocenters. The molecular formula is C21H22N2O3S. The first-order valence-electron chi connectivity index (χ1n) is 8.81. The van der Waals surface area contributed by atoms with Crippen LogP contribution in [-0.4, -0.2) is 20.1 Å². The molecule has 140 valence electrons. The maximum atomic E-state index is 12.4. The minimum Gasteiger partial charge on any atom is -0.497 e. The molecule has 0 aliphatic heterocycles. The highest BCUT2D eigenvalue weighted by Crippen LogP contribution is 2.39. The summed E-state index contributed by atoms with van der Waals surface area (Å²) in [7, 11) is 3.16. The van der Waals surface area contributed by atoms with Crippen LogP contribution in [0.25, 0.3) is 6.08 Å². The van der Waals surface area contributed by atoms with Crippen LogP contribution < -0.4 is 14.8 Å². The van der Waals surface area contributed by atoms with Crippen molar-refractivity contribution in [3.63, 3.8) is 0 Å². The van der Waals surface area contributed by atoms with Crippen molar-refractivity contribution in [1.82, 2.24) is 0 Å². The van der Waals surface area contributed by atoms with E-state index in [9.17, 15) is 10.1 Å². The van der Waals surface area contributed by atoms with E-state index in [1.54, 1.807) is 26.4 Å². The number of carbonyl (C=O) groups excluding carboxylic acids is 1. The summed E-state index contributed by atoms with van der Waals surface area (Å²) in [5.74, 6) is 1.66. The lowest BCUT2D eigenvalue weighted by Gasteiger charge is -2.17. The number of benzene rings is 1. The van der Waals surface area contributed by atoms with Gasteiger partial charge in [-0.3, -0.25) is 4.79 Å². The summed E-state index contributed by atoms with van der Waals surface area (Å²) in [4.78, 5) is 13.6. The summed E-state index contributed by atoms with van der Waals surface area (Å²) in [5.41, 5.74) is 2.50. The van der Waals surface area contributed by atoms with Gasteiger partial charge in [-0.15, -0.1) is 11.3 Å². The first-order valence-corrected chi connectivity index (χ1v) is 9.63. The second-order valence-electron chi connectivity index (χ2n) is 6.60. The lowest BCUT2D eigenvalue weighted by Crippen LogP contribution is -2.10. The number of nitrogens with one attached hydrogen (secondary N) is 1. The van der Waals surface area contributed by atoms with Crippen molar-refractivity contribution in [3.8, 4) is 17.6 Å². The summed E-state index contributed by atoms with van der Waals surface area (Å²) >= 11 is 1.52. The Balaban J connectivity index is 1.77. The van der Waals surface area contributed by atoms with Crippen LogP contribution in [-0.2, 0) is 17.6 Å². The first kappa shape index (κ1) is 19.0. The molecule has 0 spiro atoms. The maximum Gasteiger partial charge on any atom is 0.249 e. The molecule has 5 nitrogen and oxygen atoms in total. The van der Waals surface area contributed by atoms with E-state index in [4.69, 9.17) is 9.47 Å². The third-order valence-corrected chi connectivity index (χ3v) is 5.88. The molecule has 6 heteroatoms. The molecule has 1 N–H and O–H groups in total. The van der Waals surface area contributed by atoms with Crippen molar-refractivity contribution >= 4 is 28.3 Å². The number of rotatable bonds is 5. The zero-order chi connectivity index (χ0) is 19.4. The fourth-order valence-electron chi connectivity index (χ4n) is 3.23. The van der Waals surface area contributed by atoms with Crippen molar-refractivity contribution in [2.24, 2.45) is 5.92 Å². The van der Waals surface area contributed by atoms with Gasteiger partial charge >= 0.3 is 0 Å². The fraction of sp³-hybridized carbons (Fsp3) is 0.333. The predicted octanol–water partition coefficient (Wildman–Crippen LogP) is 4.41. The summed E-state index contributed by atoms with van der Waals surface area (Å²) in [6, 6.07) is 7.66. The van der Waals surface area contributed by atoms with Gasteiger partial charge < -0.3 is 14.8 Å². The molecular weight excluding hydrogens is 360 g/mol. The van der Waals surface area contributed by atoms with Gasteiger partial charge in [-0.05, 0) is 49.0 Å². The quantitative estimate of drug-likeness (QED) is 0.778. The van der Waals surface area contributed by atoms with Crippen LogP contribution in [0.15, 0.2) is 24.3 Å². The molecule has 1 aromatic carbocycles. The smallest absolute Gasteiger partial charge is 0.249 e. The van der Waals surface area contributed by atoms with Gasteiger partial charge in [0.1, 0.15) is 22.6 Å². The highest BCUT2D eigenvalue weighted by Gasteiger charge is 2.24. The van der Waals surface area contributed by atoms with E-state index in [-0.39, 0.29) is 5.91 Å². The molecule has 1 aliphatic rings. The number of anilines is 1. The van der Waals surface area contributed by atoms with Crippen LogP contribution in [0.5, 0.6) is 11.5 Å². The van der Waals surface area contributed by atoms with Crippen LogP contribution in [0.2, 0.25) is 0 Å². The number of nitriles is 1. The molecule has 0 fully saturated rings. The standard InChI is InChI=1S/C21H22N2O3S/c1-13-4-8-16-17(12-22)21(27-19(16)10-13)23-20(24)9-6-14-5-7-15(25-2)11-18(14)26-3/h5-7,9,11,13H,4,8,10H2,1-3H3,(H,23,24). The Labute approximate surface area is 163 Å². The fourth-order valence-corrected chi connectivity index (χ4v) is 4.60. The minimum atomic E-state index is -0.268. The maximum absolute atomic E-state index is 12.4. The van der Waals surface area contributed by atoms with Crippen LogP contribution >= 0.6 is 11.3 Å². The lowest BCUT2D eigenvalue weighted by molar-refractivity contribution is -0.111. The summed E-state index contributed by atoms with van der Waals surface area (Å²) in [6.07, 6.45) is 6.11. The van der Waals surface area contributed by atoms with Gasteiger partial charge in [-0.1, -0.05) is 6.92 Å². The van der Waals surface area contributed by atoms with E-state index in [0.717, 1.165) is 30.4 Å². The number of carbonyl (C=O) groups is 1. The third kappa shape index (κ3) is 4.15. The van der Waals surface area contributed by atoms with Crippen LogP contribution in [0.4, 0.5) is 5.00 Å². The van der Waals surface area contributed by atoms with Gasteiger partial charge in [-0.2, -0.15) is 5.26 Å². The van der Waals surface area contributed by atoms with Crippen molar-refractivity contribution < 1.29 is 14.3 Å². The predicted molar refractivity (Wildman–Crippen MR) is 107 cm³/mol. The minimum absolute atomic E-state index is 0.268. The lowest BCUT2D eigenvalue weighted by atomic mass is 9.89. The normalized spacial score (nSPS) is 15.9. The molecule has 1 aliphatic carbocycles. The Morgan fingerprint density at radius 3 is 2.89 bits per heavy atom. The molecule has 0 bridgehead atoms. The number of hydrogen-bond donors (Lipinski definition) is 1. The van der Waals surface area contributed by atoms with E-state index < -0.39 is 0 Å². The molecule has 1 aromatic heterocycles. The number of methoxy groups -OCH3 is 2. The van der Waals surface area contributed by atoms with E-state index in [1.807, 2.05) is 12.1 Å². The van der Waals surface area contributed by atoms with Gasteiger partial charge in [0, 0.05) is 22.6 Å². The molecule has 27 heavy (non-hydrogen) atoms.